The van der Waals surface area contributed by atoms with Crippen molar-refractivity contribution in [3.8, 4) is 6.01 Å². The van der Waals surface area contributed by atoms with Gasteiger partial charge in [0.1, 0.15) is 0 Å². The first-order chi connectivity index (χ1) is 19.3. The second kappa shape index (κ2) is 12.8. The van der Waals surface area contributed by atoms with E-state index in [4.69, 9.17) is 0 Å². The van der Waals surface area contributed by atoms with Gasteiger partial charge >= 0.3 is 30.4 Å². The molecular formula is C20H17F6N7O7S2. The van der Waals surface area contributed by atoms with Crippen molar-refractivity contribution >= 4 is 38.1 Å². The summed E-state index contributed by atoms with van der Waals surface area (Å²) in [6.45, 7) is 0. The maximum Gasteiger partial charge on any atom is 0.451 e. The third-order valence-electron chi connectivity index (χ3n) is 4.27. The van der Waals surface area contributed by atoms with Crippen LogP contribution in [-0.4, -0.2) is 51.0 Å². The van der Waals surface area contributed by atoms with Crippen molar-refractivity contribution < 1.29 is 57.5 Å². The second-order valence-corrected chi connectivity index (χ2v) is 10.6. The summed E-state index contributed by atoms with van der Waals surface area (Å²) in [5.41, 5.74) is 3.13. The van der Waals surface area contributed by atoms with E-state index in [2.05, 4.69) is 25.4 Å². The van der Waals surface area contributed by atoms with Crippen LogP contribution in [0.5, 0.6) is 6.01 Å². The van der Waals surface area contributed by atoms with E-state index in [1.807, 2.05) is 0 Å². The molecule has 0 unspecified atom stereocenters. The molecule has 0 spiro atoms. The van der Waals surface area contributed by atoms with E-state index in [0.29, 0.717) is 12.1 Å². The summed E-state index contributed by atoms with van der Waals surface area (Å²) >= 11 is 0. The predicted molar refractivity (Wildman–Crippen MR) is 129 cm³/mol. The highest BCUT2D eigenvalue weighted by Crippen LogP contribution is 2.34. The summed E-state index contributed by atoms with van der Waals surface area (Å²) in [4.78, 5) is 29.9. The van der Waals surface area contributed by atoms with Crippen LogP contribution in [0.2, 0.25) is 0 Å². The number of aromatic nitrogens is 3. The Kier molecular flexibility index (Phi) is 10.2. The molecule has 3 aromatic rings. The fourth-order valence-electron chi connectivity index (χ4n) is 2.66. The van der Waals surface area contributed by atoms with Crippen molar-refractivity contribution in [3.63, 3.8) is 0 Å². The topological polar surface area (TPSA) is 212 Å². The Hall–Kier alpha value is -4.73. The minimum Gasteiger partial charge on any atom is -0.467 e. The minimum absolute atomic E-state index is 0.00815. The molecule has 22 heteroatoms. The molecule has 0 saturated heterocycles. The lowest BCUT2D eigenvalue weighted by Gasteiger charge is -2.14. The molecule has 0 radical (unpaired) electrons. The van der Waals surface area contributed by atoms with Gasteiger partial charge in [0.25, 0.3) is 20.0 Å². The zero-order valence-electron chi connectivity index (χ0n) is 20.6. The first-order valence-corrected chi connectivity index (χ1v) is 13.5. The fourth-order valence-corrected chi connectivity index (χ4v) is 4.69. The van der Waals surface area contributed by atoms with Gasteiger partial charge in [-0.15, -0.1) is 0 Å². The minimum atomic E-state index is -5.05. The highest BCUT2D eigenvalue weighted by Gasteiger charge is 2.38. The van der Waals surface area contributed by atoms with Crippen LogP contribution in [0.3, 0.4) is 0 Å². The number of alkyl halides is 6. The van der Waals surface area contributed by atoms with Gasteiger partial charge in [-0.25, -0.2) is 35.9 Å². The van der Waals surface area contributed by atoms with E-state index >= 15 is 0 Å². The fraction of sp³-hybridized carbons (Fsp3) is 0.150. The number of halogens is 6. The Balaban J connectivity index is 0.000000395. The van der Waals surface area contributed by atoms with Crippen molar-refractivity contribution in [2.45, 2.75) is 22.1 Å². The van der Waals surface area contributed by atoms with Crippen LogP contribution >= 0.6 is 0 Å². The first-order valence-electron chi connectivity index (χ1n) is 10.5. The zero-order valence-corrected chi connectivity index (χ0v) is 22.2. The van der Waals surface area contributed by atoms with Crippen LogP contribution in [0.15, 0.2) is 64.4 Å². The number of benzene rings is 2. The number of anilines is 1. The summed E-state index contributed by atoms with van der Waals surface area (Å²) in [6, 6.07) is 6.81. The molecule has 0 bridgehead atoms. The summed E-state index contributed by atoms with van der Waals surface area (Å²) in [5.74, 6) is -2.81. The van der Waals surface area contributed by atoms with E-state index < -0.39 is 72.7 Å². The maximum absolute atomic E-state index is 13.0. The van der Waals surface area contributed by atoms with Crippen LogP contribution in [0.1, 0.15) is 11.4 Å². The van der Waals surface area contributed by atoms with Gasteiger partial charge < -0.3 is 10.5 Å². The number of methoxy groups -OCH3 is 1. The van der Waals surface area contributed by atoms with Crippen LogP contribution in [0.25, 0.3) is 0 Å². The van der Waals surface area contributed by atoms with Crippen molar-refractivity contribution in [2.75, 3.05) is 12.4 Å². The quantitative estimate of drug-likeness (QED) is 0.288. The largest absolute Gasteiger partial charge is 0.467 e. The van der Waals surface area contributed by atoms with Crippen molar-refractivity contribution in [3.05, 3.63) is 66.0 Å². The van der Waals surface area contributed by atoms with Gasteiger partial charge in [-0.3, -0.25) is 5.32 Å². The Morgan fingerprint density at radius 3 is 1.88 bits per heavy atom. The molecule has 0 aliphatic carbocycles. The van der Waals surface area contributed by atoms with Crippen molar-refractivity contribution in [1.82, 2.24) is 24.4 Å². The molecule has 14 nitrogen and oxygen atoms in total. The van der Waals surface area contributed by atoms with Crippen LogP contribution in [-0.2, 0) is 32.4 Å². The zero-order chi connectivity index (χ0) is 31.9. The third kappa shape index (κ3) is 9.43. The van der Waals surface area contributed by atoms with E-state index in [-0.39, 0.29) is 4.90 Å². The number of amides is 4. The third-order valence-corrected chi connectivity index (χ3v) is 7.03. The van der Waals surface area contributed by atoms with Crippen molar-refractivity contribution in [2.24, 2.45) is 5.73 Å². The number of urea groups is 2. The number of hydrogen-bond donors (Lipinski definition) is 4. The molecule has 5 N–H and O–H groups in total. The molecule has 1 aromatic heterocycles. The molecule has 228 valence electrons. The number of sulfonamides is 2. The molecule has 0 fully saturated rings. The van der Waals surface area contributed by atoms with Gasteiger partial charge in [-0.1, -0.05) is 30.3 Å². The second-order valence-electron chi connectivity index (χ2n) is 7.30. The van der Waals surface area contributed by atoms with Crippen LogP contribution in [0, 0.1) is 0 Å². The number of rotatable bonds is 6. The van der Waals surface area contributed by atoms with E-state index in [1.165, 1.54) is 16.9 Å². The molecule has 0 aliphatic rings. The smallest absolute Gasteiger partial charge is 0.451 e. The molecule has 0 aliphatic heterocycles. The lowest BCUT2D eigenvalue weighted by atomic mass is 10.2. The number of primary amides is 1. The first kappa shape index (κ1) is 33.5. The highest BCUT2D eigenvalue weighted by molar-refractivity contribution is 7.90. The predicted octanol–water partition coefficient (Wildman–Crippen LogP) is 2.47. The van der Waals surface area contributed by atoms with E-state index in [1.54, 1.807) is 28.2 Å². The number of hydrogen-bond acceptors (Lipinski definition) is 10. The molecule has 0 atom stereocenters. The van der Waals surface area contributed by atoms with Gasteiger partial charge in [0, 0.05) is 0 Å². The summed E-state index contributed by atoms with van der Waals surface area (Å²) in [6.07, 6.45) is -10.1. The normalized spacial score (nSPS) is 11.9. The molecule has 4 amide bonds. The van der Waals surface area contributed by atoms with Crippen LogP contribution in [0.4, 0.5) is 41.9 Å². The monoisotopic (exact) mass is 645 g/mol. The summed E-state index contributed by atoms with van der Waals surface area (Å²) in [5, 5.41) is 1.56. The van der Waals surface area contributed by atoms with E-state index in [0.717, 1.165) is 19.2 Å². The SMILES string of the molecule is COc1nc(NC(=O)NS(=O)(=O)c2ccccc2C(F)(F)F)nc(C(F)(F)F)n1.NC(=O)NS(=O)(=O)c1ccccc1. The average molecular weight is 646 g/mol. The lowest BCUT2D eigenvalue weighted by molar-refractivity contribution is -0.145. The number of nitrogens with one attached hydrogen (secondary N) is 3. The van der Waals surface area contributed by atoms with E-state index in [9.17, 15) is 52.8 Å². The Labute approximate surface area is 232 Å². The van der Waals surface area contributed by atoms with Crippen molar-refractivity contribution in [1.29, 1.82) is 0 Å². The molecule has 1 heterocycles. The Morgan fingerprint density at radius 2 is 1.36 bits per heavy atom. The van der Waals surface area contributed by atoms with Gasteiger partial charge in [0.2, 0.25) is 11.8 Å². The molecule has 42 heavy (non-hydrogen) atoms. The number of carbonyl (C=O) groups is 2. The number of nitrogens with zero attached hydrogens (tertiary/aromatic N) is 3. The van der Waals surface area contributed by atoms with Gasteiger partial charge in [-0.05, 0) is 24.3 Å². The standard InChI is InChI=1S/C13H9F6N5O4S.C7H8N2O3S/c1-28-11-21-8(13(17,18)19)20-9(23-11)22-10(25)24-29(26,27)7-5-3-2-4-6(7)12(14,15)16;8-7(10)9-13(11,12)6-4-2-1-3-5-6/h2-5H,1H3,(H2,20,21,22,23,24,25);1-5H,(H3,8,9,10). The van der Waals surface area contributed by atoms with Gasteiger partial charge in [0.15, 0.2) is 0 Å². The summed E-state index contributed by atoms with van der Waals surface area (Å²) in [7, 11) is -7.92. The highest BCUT2D eigenvalue weighted by atomic mass is 32.2. The number of ether oxygens (including phenoxy) is 1. The van der Waals surface area contributed by atoms with Gasteiger partial charge in [-0.2, -0.15) is 41.3 Å². The number of nitrogens with two attached hydrogens (primary N) is 1. The summed E-state index contributed by atoms with van der Waals surface area (Å²) < 4.78 is 131. The molecular weight excluding hydrogens is 628 g/mol. The van der Waals surface area contributed by atoms with Gasteiger partial charge in [0.05, 0.1) is 22.5 Å². The number of carbonyl (C=O) groups excluding carboxylic acids is 2. The molecule has 3 rings (SSSR count). The lowest BCUT2D eigenvalue weighted by Crippen LogP contribution is -2.36. The molecule has 0 saturated carbocycles. The Morgan fingerprint density at radius 1 is 0.786 bits per heavy atom. The molecule has 2 aromatic carbocycles. The Bertz CT molecular complexity index is 1650. The maximum atomic E-state index is 13.0. The average Bonchev–Trinajstić information content (AvgIpc) is 2.87. The van der Waals surface area contributed by atoms with Crippen LogP contribution < -0.4 is 25.2 Å².